The largest absolute Gasteiger partial charge is 0.437 e. The van der Waals surface area contributed by atoms with Crippen LogP contribution in [-0.4, -0.2) is 15.3 Å². The summed E-state index contributed by atoms with van der Waals surface area (Å²) >= 11 is 18.0. The highest BCUT2D eigenvalue weighted by Crippen LogP contribution is 2.32. The number of anilines is 1. The number of nitrogens with one attached hydrogen (secondary N) is 1. The molecule has 0 spiro atoms. The summed E-state index contributed by atoms with van der Waals surface area (Å²) in [7, 11) is 0. The first-order valence-electron chi connectivity index (χ1n) is 9.69. The zero-order chi connectivity index (χ0) is 24.2. The zero-order valence-corrected chi connectivity index (χ0v) is 19.4. The Balaban J connectivity index is 1.81. The number of halogens is 3. The number of nitrogens with zero attached hydrogens (tertiary/aromatic N) is 3. The minimum Gasteiger partial charge on any atom is -0.437 e. The normalized spacial score (nSPS) is 11.2. The number of amides is 1. The van der Waals surface area contributed by atoms with Crippen LogP contribution in [0.25, 0.3) is 11.7 Å². The quantitative estimate of drug-likeness (QED) is 0.262. The molecule has 0 saturated carbocycles. The standard InChI is InChI=1S/C24H13Cl3N4O3/c25-15-4-7-17(8-5-15)29-22(32)14(13-28)11-18-23(34-20-9-6-16(26)12-19(20)27)30-21-3-1-2-10-31(21)24(18)33/h1-12H,(H,29,32)/b14-11-. The van der Waals surface area contributed by atoms with Crippen LogP contribution in [0.2, 0.25) is 15.1 Å². The smallest absolute Gasteiger partial charge is 0.269 e. The Bertz CT molecular complexity index is 1540. The van der Waals surface area contributed by atoms with Gasteiger partial charge in [0.2, 0.25) is 5.88 Å². The minimum absolute atomic E-state index is 0.113. The molecule has 2 heterocycles. The number of aromatic nitrogens is 2. The van der Waals surface area contributed by atoms with Crippen molar-refractivity contribution in [2.45, 2.75) is 0 Å². The number of nitriles is 1. The number of carbonyl (C=O) groups excluding carboxylic acids is 1. The van der Waals surface area contributed by atoms with E-state index in [0.29, 0.717) is 21.4 Å². The average Bonchev–Trinajstić information content (AvgIpc) is 2.82. The lowest BCUT2D eigenvalue weighted by Gasteiger charge is -2.11. The van der Waals surface area contributed by atoms with Gasteiger partial charge in [-0.3, -0.25) is 14.0 Å². The highest BCUT2D eigenvalue weighted by Gasteiger charge is 2.18. The van der Waals surface area contributed by atoms with Crippen molar-refractivity contribution in [3.63, 3.8) is 0 Å². The van der Waals surface area contributed by atoms with E-state index in [1.165, 1.54) is 22.7 Å². The van der Waals surface area contributed by atoms with Gasteiger partial charge in [-0.25, -0.2) is 0 Å². The van der Waals surface area contributed by atoms with E-state index in [9.17, 15) is 14.9 Å². The molecule has 0 saturated heterocycles. The third-order valence-electron chi connectivity index (χ3n) is 4.59. The van der Waals surface area contributed by atoms with Crippen molar-refractivity contribution >= 4 is 58.1 Å². The molecule has 4 aromatic rings. The van der Waals surface area contributed by atoms with Crippen LogP contribution < -0.4 is 15.6 Å². The molecule has 1 N–H and O–H groups in total. The van der Waals surface area contributed by atoms with E-state index in [4.69, 9.17) is 39.5 Å². The van der Waals surface area contributed by atoms with Gasteiger partial charge in [-0.05, 0) is 60.7 Å². The molecule has 0 unspecified atom stereocenters. The summed E-state index contributed by atoms with van der Waals surface area (Å²) in [5, 5.41) is 13.3. The van der Waals surface area contributed by atoms with Gasteiger partial charge in [0.25, 0.3) is 11.5 Å². The lowest BCUT2D eigenvalue weighted by atomic mass is 10.1. The Morgan fingerprint density at radius 2 is 1.79 bits per heavy atom. The first-order valence-corrected chi connectivity index (χ1v) is 10.8. The topological polar surface area (TPSA) is 96.5 Å². The highest BCUT2D eigenvalue weighted by atomic mass is 35.5. The Kier molecular flexibility index (Phi) is 6.85. The fourth-order valence-corrected chi connectivity index (χ4v) is 3.54. The summed E-state index contributed by atoms with van der Waals surface area (Å²) in [6, 6.07) is 17.7. The lowest BCUT2D eigenvalue weighted by molar-refractivity contribution is -0.112. The fraction of sp³-hybridized carbons (Fsp3) is 0. The van der Waals surface area contributed by atoms with E-state index < -0.39 is 11.5 Å². The van der Waals surface area contributed by atoms with Crippen LogP contribution in [0, 0.1) is 11.3 Å². The molecular formula is C24H13Cl3N4O3. The summed E-state index contributed by atoms with van der Waals surface area (Å²) in [6.07, 6.45) is 2.64. The van der Waals surface area contributed by atoms with Crippen molar-refractivity contribution in [3.8, 4) is 17.7 Å². The maximum absolute atomic E-state index is 13.2. The fourth-order valence-electron chi connectivity index (χ4n) is 2.97. The summed E-state index contributed by atoms with van der Waals surface area (Å²) in [5.74, 6) is -0.664. The third-order valence-corrected chi connectivity index (χ3v) is 5.37. The van der Waals surface area contributed by atoms with Gasteiger partial charge >= 0.3 is 0 Å². The van der Waals surface area contributed by atoms with E-state index in [2.05, 4.69) is 10.3 Å². The maximum atomic E-state index is 13.2. The van der Waals surface area contributed by atoms with Crippen LogP contribution in [0.1, 0.15) is 5.56 Å². The number of pyridine rings is 1. The molecule has 0 atom stereocenters. The van der Waals surface area contributed by atoms with Gasteiger partial charge in [0, 0.05) is 21.9 Å². The minimum atomic E-state index is -0.724. The highest BCUT2D eigenvalue weighted by molar-refractivity contribution is 6.35. The molecule has 4 rings (SSSR count). The number of rotatable bonds is 5. The number of fused-ring (bicyclic) bond motifs is 1. The molecule has 168 valence electrons. The lowest BCUT2D eigenvalue weighted by Crippen LogP contribution is -2.20. The van der Waals surface area contributed by atoms with Gasteiger partial charge in [0.1, 0.15) is 28.6 Å². The van der Waals surface area contributed by atoms with Crippen LogP contribution in [-0.2, 0) is 4.79 Å². The Labute approximate surface area is 208 Å². The molecule has 7 nitrogen and oxygen atoms in total. The van der Waals surface area contributed by atoms with Gasteiger partial charge in [-0.1, -0.05) is 40.9 Å². The molecule has 1 amide bonds. The third kappa shape index (κ3) is 5.05. The van der Waals surface area contributed by atoms with Crippen molar-refractivity contribution in [2.24, 2.45) is 0 Å². The van der Waals surface area contributed by atoms with E-state index >= 15 is 0 Å². The summed E-state index contributed by atoms with van der Waals surface area (Å²) < 4.78 is 7.10. The molecule has 2 aromatic heterocycles. The van der Waals surface area contributed by atoms with Crippen molar-refractivity contribution < 1.29 is 9.53 Å². The Hall–Kier alpha value is -3.83. The summed E-state index contributed by atoms with van der Waals surface area (Å²) in [4.78, 5) is 30.3. The van der Waals surface area contributed by atoms with E-state index in [1.807, 2.05) is 6.07 Å². The Morgan fingerprint density at radius 3 is 2.50 bits per heavy atom. The zero-order valence-electron chi connectivity index (χ0n) is 17.1. The summed E-state index contributed by atoms with van der Waals surface area (Å²) in [5.41, 5.74) is -0.269. The molecule has 0 radical (unpaired) electrons. The number of benzene rings is 2. The first-order chi connectivity index (χ1) is 16.4. The second-order valence-electron chi connectivity index (χ2n) is 6.87. The van der Waals surface area contributed by atoms with Crippen LogP contribution in [0.5, 0.6) is 11.6 Å². The number of hydrogen-bond acceptors (Lipinski definition) is 5. The van der Waals surface area contributed by atoms with Crippen LogP contribution >= 0.6 is 34.8 Å². The molecule has 0 aliphatic rings. The van der Waals surface area contributed by atoms with Gasteiger partial charge in [0.05, 0.1) is 5.02 Å². The number of carbonyl (C=O) groups is 1. The number of ether oxygens (including phenoxy) is 1. The monoisotopic (exact) mass is 510 g/mol. The van der Waals surface area contributed by atoms with Gasteiger partial charge in [0.15, 0.2) is 0 Å². The van der Waals surface area contributed by atoms with E-state index in [-0.39, 0.29) is 27.8 Å². The molecule has 0 aliphatic carbocycles. The molecule has 10 heteroatoms. The number of hydrogen-bond donors (Lipinski definition) is 1. The molecule has 2 aromatic carbocycles. The average molecular weight is 512 g/mol. The predicted octanol–water partition coefficient (Wildman–Crippen LogP) is 5.99. The van der Waals surface area contributed by atoms with Gasteiger partial charge in [-0.2, -0.15) is 10.2 Å². The Morgan fingerprint density at radius 1 is 1.06 bits per heavy atom. The maximum Gasteiger partial charge on any atom is 0.269 e. The van der Waals surface area contributed by atoms with Crippen molar-refractivity contribution in [1.82, 2.24) is 9.38 Å². The van der Waals surface area contributed by atoms with E-state index in [1.54, 1.807) is 48.5 Å². The SMILES string of the molecule is N#C/C(=C/c1c(Oc2ccc(Cl)cc2Cl)nc2ccccn2c1=O)C(=O)Nc1ccc(Cl)cc1. The van der Waals surface area contributed by atoms with Gasteiger partial charge < -0.3 is 10.1 Å². The van der Waals surface area contributed by atoms with Crippen molar-refractivity contribution in [2.75, 3.05) is 5.32 Å². The molecule has 34 heavy (non-hydrogen) atoms. The van der Waals surface area contributed by atoms with E-state index in [0.717, 1.165) is 6.08 Å². The second-order valence-corrected chi connectivity index (χ2v) is 8.15. The molecule has 0 aliphatic heterocycles. The van der Waals surface area contributed by atoms with Crippen molar-refractivity contribution in [1.29, 1.82) is 5.26 Å². The summed E-state index contributed by atoms with van der Waals surface area (Å²) in [6.45, 7) is 0. The van der Waals surface area contributed by atoms with Crippen LogP contribution in [0.4, 0.5) is 5.69 Å². The van der Waals surface area contributed by atoms with Gasteiger partial charge in [-0.15, -0.1) is 0 Å². The molecular weight excluding hydrogens is 499 g/mol. The van der Waals surface area contributed by atoms with Crippen LogP contribution in [0.15, 0.2) is 77.2 Å². The first kappa shape index (κ1) is 23.3. The second kappa shape index (κ2) is 9.98. The molecule has 0 bridgehead atoms. The van der Waals surface area contributed by atoms with Crippen molar-refractivity contribution in [3.05, 3.63) is 103 Å². The molecule has 0 fully saturated rings. The van der Waals surface area contributed by atoms with Crippen LogP contribution in [0.3, 0.4) is 0 Å². The predicted molar refractivity (Wildman–Crippen MR) is 132 cm³/mol.